The summed E-state index contributed by atoms with van der Waals surface area (Å²) < 4.78 is 4.98. The van der Waals surface area contributed by atoms with Gasteiger partial charge in [-0.25, -0.2) is 4.79 Å². The number of hydrogen-bond acceptors (Lipinski definition) is 6. The summed E-state index contributed by atoms with van der Waals surface area (Å²) in [6, 6.07) is 11.2. The number of carbonyl (C=O) groups excluding carboxylic acids is 2. The molecule has 1 amide bonds. The van der Waals surface area contributed by atoms with E-state index in [1.165, 1.54) is 42.7 Å². The molecule has 3 aromatic rings. The number of aryl methyl sites for hydroxylation is 3. The van der Waals surface area contributed by atoms with Crippen LogP contribution >= 0.6 is 11.3 Å². The van der Waals surface area contributed by atoms with Crippen molar-refractivity contribution in [2.45, 2.75) is 20.8 Å². The molecule has 0 spiro atoms. The third-order valence-corrected chi connectivity index (χ3v) is 5.86. The maximum atomic E-state index is 12.7. The van der Waals surface area contributed by atoms with Gasteiger partial charge in [0.05, 0.1) is 12.0 Å². The molecule has 0 aliphatic rings. The lowest BCUT2D eigenvalue weighted by molar-refractivity contribution is -0.384. The second-order valence-corrected chi connectivity index (χ2v) is 8.01. The first-order valence-corrected chi connectivity index (χ1v) is 9.89. The summed E-state index contributed by atoms with van der Waals surface area (Å²) in [5, 5.41) is 13.9. The summed E-state index contributed by atoms with van der Waals surface area (Å²) in [4.78, 5) is 36.4. The summed E-state index contributed by atoms with van der Waals surface area (Å²) >= 11 is 1.28. The first-order valence-electron chi connectivity index (χ1n) is 9.08. The summed E-state index contributed by atoms with van der Waals surface area (Å²) in [5.41, 5.74) is 4.24. The van der Waals surface area contributed by atoms with Crippen LogP contribution < -0.4 is 5.32 Å². The largest absolute Gasteiger partial charge is 0.465 e. The number of rotatable bonds is 5. The van der Waals surface area contributed by atoms with Gasteiger partial charge in [0.15, 0.2) is 0 Å². The standard InChI is InChI=1S/C22H20N2O5S/c1-12-5-6-16(11-13(12)2)18-14(3)30-21(19(18)22(26)29-4)23-20(25)15-7-9-17(10-8-15)24(27)28/h5-11H,1-4H3,(H,23,25). The Kier molecular flexibility index (Phi) is 5.98. The van der Waals surface area contributed by atoms with E-state index in [2.05, 4.69) is 5.32 Å². The molecule has 2 aromatic carbocycles. The Bertz CT molecular complexity index is 1150. The Morgan fingerprint density at radius 2 is 1.70 bits per heavy atom. The van der Waals surface area contributed by atoms with Gasteiger partial charge in [-0.15, -0.1) is 11.3 Å². The summed E-state index contributed by atoms with van der Waals surface area (Å²) in [5.74, 6) is -1.02. The maximum Gasteiger partial charge on any atom is 0.341 e. The van der Waals surface area contributed by atoms with Crippen LogP contribution in [-0.4, -0.2) is 23.9 Å². The number of benzene rings is 2. The van der Waals surface area contributed by atoms with Gasteiger partial charge in [0.2, 0.25) is 0 Å². The SMILES string of the molecule is COC(=O)c1c(NC(=O)c2ccc([N+](=O)[O-])cc2)sc(C)c1-c1ccc(C)c(C)c1. The number of non-ortho nitro benzene ring substituents is 1. The molecule has 7 nitrogen and oxygen atoms in total. The van der Waals surface area contributed by atoms with Gasteiger partial charge in [0.25, 0.3) is 11.6 Å². The fraction of sp³-hybridized carbons (Fsp3) is 0.182. The minimum Gasteiger partial charge on any atom is -0.465 e. The number of ether oxygens (including phenoxy) is 1. The normalized spacial score (nSPS) is 10.5. The Morgan fingerprint density at radius 1 is 1.03 bits per heavy atom. The van der Waals surface area contributed by atoms with Crippen molar-refractivity contribution < 1.29 is 19.2 Å². The average molecular weight is 424 g/mol. The Morgan fingerprint density at radius 3 is 2.27 bits per heavy atom. The highest BCUT2D eigenvalue weighted by molar-refractivity contribution is 7.17. The molecule has 0 aliphatic heterocycles. The predicted molar refractivity (Wildman–Crippen MR) is 116 cm³/mol. The number of thiophene rings is 1. The smallest absolute Gasteiger partial charge is 0.341 e. The number of anilines is 1. The lowest BCUT2D eigenvalue weighted by Crippen LogP contribution is -2.14. The fourth-order valence-electron chi connectivity index (χ4n) is 3.08. The van der Waals surface area contributed by atoms with Crippen LogP contribution in [-0.2, 0) is 4.74 Å². The van der Waals surface area contributed by atoms with Crippen molar-refractivity contribution in [2.75, 3.05) is 12.4 Å². The van der Waals surface area contributed by atoms with Crippen molar-refractivity contribution >= 4 is 33.9 Å². The van der Waals surface area contributed by atoms with Crippen LogP contribution in [0.2, 0.25) is 0 Å². The highest BCUT2D eigenvalue weighted by atomic mass is 32.1. The van der Waals surface area contributed by atoms with E-state index in [0.29, 0.717) is 16.1 Å². The predicted octanol–water partition coefficient (Wildman–Crippen LogP) is 5.29. The van der Waals surface area contributed by atoms with E-state index in [1.807, 2.05) is 39.0 Å². The second-order valence-electron chi connectivity index (χ2n) is 6.79. The van der Waals surface area contributed by atoms with E-state index < -0.39 is 16.8 Å². The quantitative estimate of drug-likeness (QED) is 0.341. The van der Waals surface area contributed by atoms with E-state index in [0.717, 1.165) is 21.6 Å². The number of hydrogen-bond donors (Lipinski definition) is 1. The number of methoxy groups -OCH3 is 1. The minimum absolute atomic E-state index is 0.106. The monoisotopic (exact) mass is 424 g/mol. The van der Waals surface area contributed by atoms with Gasteiger partial charge >= 0.3 is 5.97 Å². The van der Waals surface area contributed by atoms with Gasteiger partial charge in [-0.2, -0.15) is 0 Å². The molecule has 0 unspecified atom stereocenters. The first-order chi connectivity index (χ1) is 14.2. The molecule has 0 saturated heterocycles. The van der Waals surface area contributed by atoms with Gasteiger partial charge in [-0.1, -0.05) is 18.2 Å². The van der Waals surface area contributed by atoms with E-state index in [-0.39, 0.29) is 11.3 Å². The van der Waals surface area contributed by atoms with E-state index in [1.54, 1.807) is 0 Å². The summed E-state index contributed by atoms with van der Waals surface area (Å²) in [6.45, 7) is 5.88. The zero-order valence-electron chi connectivity index (χ0n) is 16.9. The van der Waals surface area contributed by atoms with Crippen LogP contribution in [0.1, 0.15) is 36.7 Å². The molecule has 8 heteroatoms. The molecule has 0 bridgehead atoms. The highest BCUT2D eigenvalue weighted by Gasteiger charge is 2.25. The van der Waals surface area contributed by atoms with Crippen molar-refractivity contribution in [3.8, 4) is 11.1 Å². The Balaban J connectivity index is 2.02. The zero-order chi connectivity index (χ0) is 22.0. The minimum atomic E-state index is -0.549. The molecule has 3 rings (SSSR count). The number of nitro groups is 1. The number of nitro benzene ring substituents is 1. The zero-order valence-corrected chi connectivity index (χ0v) is 17.8. The van der Waals surface area contributed by atoms with E-state index in [9.17, 15) is 19.7 Å². The number of nitrogens with zero attached hydrogens (tertiary/aromatic N) is 1. The molecule has 0 aliphatic carbocycles. The molecule has 154 valence electrons. The van der Waals surface area contributed by atoms with Gasteiger partial charge in [0.1, 0.15) is 10.6 Å². The lowest BCUT2D eigenvalue weighted by atomic mass is 9.97. The number of amides is 1. The first kappa shape index (κ1) is 21.2. The van der Waals surface area contributed by atoms with Crippen LogP contribution in [0.15, 0.2) is 42.5 Å². The molecule has 1 N–H and O–H groups in total. The molecule has 30 heavy (non-hydrogen) atoms. The second kappa shape index (κ2) is 8.46. The maximum absolute atomic E-state index is 12.7. The Labute approximate surface area is 177 Å². The van der Waals surface area contributed by atoms with Crippen molar-refractivity contribution in [1.29, 1.82) is 0 Å². The average Bonchev–Trinajstić information content (AvgIpc) is 3.05. The van der Waals surface area contributed by atoms with Crippen LogP contribution in [0.3, 0.4) is 0 Å². The van der Waals surface area contributed by atoms with Crippen molar-refractivity contribution in [3.63, 3.8) is 0 Å². The molecule has 1 aromatic heterocycles. The van der Waals surface area contributed by atoms with Crippen molar-refractivity contribution in [3.05, 3.63) is 79.7 Å². The molecule has 0 saturated carbocycles. The van der Waals surface area contributed by atoms with Gasteiger partial charge in [-0.3, -0.25) is 14.9 Å². The summed E-state index contributed by atoms with van der Waals surface area (Å²) in [7, 11) is 1.29. The molecule has 0 fully saturated rings. The number of esters is 1. The molecule has 0 radical (unpaired) electrons. The number of carbonyl (C=O) groups is 2. The molecule has 1 heterocycles. The van der Waals surface area contributed by atoms with Gasteiger partial charge < -0.3 is 10.1 Å². The highest BCUT2D eigenvalue weighted by Crippen LogP contribution is 2.41. The fourth-order valence-corrected chi connectivity index (χ4v) is 4.14. The van der Waals surface area contributed by atoms with Gasteiger partial charge in [-0.05, 0) is 49.6 Å². The molecular formula is C22H20N2O5S. The van der Waals surface area contributed by atoms with E-state index in [4.69, 9.17) is 4.74 Å². The molecule has 0 atom stereocenters. The Hall–Kier alpha value is -3.52. The van der Waals surface area contributed by atoms with Crippen LogP contribution in [0, 0.1) is 30.9 Å². The summed E-state index contributed by atoms with van der Waals surface area (Å²) in [6.07, 6.45) is 0. The lowest BCUT2D eigenvalue weighted by Gasteiger charge is -2.10. The van der Waals surface area contributed by atoms with Crippen LogP contribution in [0.25, 0.3) is 11.1 Å². The molecular weight excluding hydrogens is 404 g/mol. The van der Waals surface area contributed by atoms with E-state index >= 15 is 0 Å². The van der Waals surface area contributed by atoms with Crippen molar-refractivity contribution in [2.24, 2.45) is 0 Å². The van der Waals surface area contributed by atoms with Gasteiger partial charge in [0, 0.05) is 28.1 Å². The third-order valence-electron chi connectivity index (χ3n) is 4.84. The topological polar surface area (TPSA) is 98.5 Å². The third kappa shape index (κ3) is 4.08. The van der Waals surface area contributed by atoms with Crippen molar-refractivity contribution in [1.82, 2.24) is 0 Å². The number of nitrogens with one attached hydrogen (secondary N) is 1. The van der Waals surface area contributed by atoms with Crippen LogP contribution in [0.5, 0.6) is 0 Å². The van der Waals surface area contributed by atoms with Crippen LogP contribution in [0.4, 0.5) is 10.7 Å².